The quantitative estimate of drug-likeness (QED) is 0.466. The molecule has 1 aliphatic heterocycles. The van der Waals surface area contributed by atoms with E-state index in [2.05, 4.69) is 4.99 Å². The number of benzene rings is 1. The molecular weight excluding hydrogens is 253 g/mol. The second-order valence-corrected chi connectivity index (χ2v) is 4.47. The van der Waals surface area contributed by atoms with Crippen LogP contribution in [0, 0.1) is 11.7 Å². The SMILES string of the molecule is CC1(C)OC(=O)C(C=Nc2ccc(F)cc2)C(=O)O1. The van der Waals surface area contributed by atoms with E-state index in [4.69, 9.17) is 9.47 Å². The van der Waals surface area contributed by atoms with Crippen molar-refractivity contribution in [3.8, 4) is 0 Å². The number of carbonyl (C=O) groups is 2. The van der Waals surface area contributed by atoms with Gasteiger partial charge in [0, 0.05) is 20.1 Å². The Hall–Kier alpha value is -2.24. The molecule has 1 aromatic carbocycles. The predicted molar refractivity (Wildman–Crippen MR) is 64.3 cm³/mol. The molecule has 0 spiro atoms. The zero-order valence-electron chi connectivity index (χ0n) is 10.4. The van der Waals surface area contributed by atoms with E-state index in [0.717, 1.165) is 6.21 Å². The third-order valence-corrected chi connectivity index (χ3v) is 2.40. The first kappa shape index (κ1) is 13.2. The van der Waals surface area contributed by atoms with Crippen molar-refractivity contribution < 1.29 is 23.5 Å². The zero-order valence-corrected chi connectivity index (χ0v) is 10.4. The van der Waals surface area contributed by atoms with Crippen LogP contribution in [0.4, 0.5) is 10.1 Å². The molecule has 6 heteroatoms. The predicted octanol–water partition coefficient (Wildman–Crippen LogP) is 1.98. The number of nitrogens with zero attached hydrogens (tertiary/aromatic N) is 1. The van der Waals surface area contributed by atoms with Crippen LogP contribution in [-0.2, 0) is 19.1 Å². The number of halogens is 1. The Bertz CT molecular complexity index is 516. The minimum atomic E-state index is -1.26. The van der Waals surface area contributed by atoms with Crippen molar-refractivity contribution in [1.29, 1.82) is 0 Å². The smallest absolute Gasteiger partial charge is 0.329 e. The van der Waals surface area contributed by atoms with Crippen molar-refractivity contribution in [2.45, 2.75) is 19.6 Å². The maximum atomic E-state index is 12.7. The molecule has 0 unspecified atom stereocenters. The molecule has 1 aliphatic rings. The van der Waals surface area contributed by atoms with Crippen molar-refractivity contribution in [2.75, 3.05) is 0 Å². The van der Waals surface area contributed by atoms with Crippen molar-refractivity contribution in [1.82, 2.24) is 0 Å². The van der Waals surface area contributed by atoms with Crippen LogP contribution in [0.15, 0.2) is 29.3 Å². The second-order valence-electron chi connectivity index (χ2n) is 4.47. The molecule has 1 fully saturated rings. The lowest BCUT2D eigenvalue weighted by Crippen LogP contribution is -2.46. The van der Waals surface area contributed by atoms with Crippen LogP contribution < -0.4 is 0 Å². The minimum absolute atomic E-state index is 0.391. The number of hydrogen-bond acceptors (Lipinski definition) is 5. The van der Waals surface area contributed by atoms with Gasteiger partial charge < -0.3 is 9.47 Å². The fraction of sp³-hybridized carbons (Fsp3) is 0.308. The molecule has 0 saturated carbocycles. The fourth-order valence-electron chi connectivity index (χ4n) is 1.54. The summed E-state index contributed by atoms with van der Waals surface area (Å²) in [6.07, 6.45) is 1.13. The van der Waals surface area contributed by atoms with E-state index in [1.807, 2.05) is 0 Å². The molecule has 19 heavy (non-hydrogen) atoms. The zero-order chi connectivity index (χ0) is 14.0. The molecule has 0 aromatic heterocycles. The number of ether oxygens (including phenoxy) is 2. The van der Waals surface area contributed by atoms with Gasteiger partial charge in [-0.05, 0) is 24.3 Å². The van der Waals surface area contributed by atoms with Crippen LogP contribution in [0.2, 0.25) is 0 Å². The molecular formula is C13H12FNO4. The molecule has 0 amide bonds. The summed E-state index contributed by atoms with van der Waals surface area (Å²) in [5.41, 5.74) is 0.423. The standard InChI is InChI=1S/C13H12FNO4/c1-13(2)18-11(16)10(12(17)19-13)7-15-9-5-3-8(14)4-6-9/h3-7,10H,1-2H3. The van der Waals surface area contributed by atoms with Gasteiger partial charge >= 0.3 is 11.9 Å². The first-order valence-electron chi connectivity index (χ1n) is 5.63. The molecule has 0 atom stereocenters. The van der Waals surface area contributed by atoms with Gasteiger partial charge in [0.25, 0.3) is 5.79 Å². The molecule has 1 saturated heterocycles. The molecule has 1 aromatic rings. The highest BCUT2D eigenvalue weighted by Gasteiger charge is 2.42. The Labute approximate surface area is 109 Å². The van der Waals surface area contributed by atoms with Gasteiger partial charge in [-0.1, -0.05) is 0 Å². The third kappa shape index (κ3) is 3.15. The lowest BCUT2D eigenvalue weighted by molar-refractivity contribution is -0.235. The van der Waals surface area contributed by atoms with Crippen LogP contribution in [0.3, 0.4) is 0 Å². The molecule has 0 bridgehead atoms. The normalized spacial score (nSPS) is 19.3. The van der Waals surface area contributed by atoms with E-state index in [1.165, 1.54) is 38.1 Å². The van der Waals surface area contributed by atoms with Gasteiger partial charge in [0.2, 0.25) is 0 Å². The van der Waals surface area contributed by atoms with Gasteiger partial charge in [-0.25, -0.2) is 4.39 Å². The van der Waals surface area contributed by atoms with Crippen LogP contribution in [0.5, 0.6) is 0 Å². The molecule has 5 nitrogen and oxygen atoms in total. The maximum absolute atomic E-state index is 12.7. The Morgan fingerprint density at radius 1 is 1.16 bits per heavy atom. The number of carbonyl (C=O) groups excluding carboxylic acids is 2. The summed E-state index contributed by atoms with van der Waals surface area (Å²) in [4.78, 5) is 27.2. The molecule has 0 N–H and O–H groups in total. The van der Waals surface area contributed by atoms with Gasteiger partial charge in [-0.3, -0.25) is 14.6 Å². The molecule has 2 rings (SSSR count). The monoisotopic (exact) mass is 265 g/mol. The van der Waals surface area contributed by atoms with Gasteiger partial charge in [-0.15, -0.1) is 0 Å². The number of aliphatic imine (C=N–C) groups is 1. The second kappa shape index (κ2) is 4.79. The summed E-state index contributed by atoms with van der Waals surface area (Å²) >= 11 is 0. The summed E-state index contributed by atoms with van der Waals surface area (Å²) in [6, 6.07) is 5.31. The summed E-state index contributed by atoms with van der Waals surface area (Å²) in [7, 11) is 0. The van der Waals surface area contributed by atoms with Crippen LogP contribution >= 0.6 is 0 Å². The van der Waals surface area contributed by atoms with E-state index in [-0.39, 0.29) is 0 Å². The highest BCUT2D eigenvalue weighted by Crippen LogP contribution is 2.22. The van der Waals surface area contributed by atoms with Gasteiger partial charge in [0.15, 0.2) is 5.92 Å². The summed E-state index contributed by atoms with van der Waals surface area (Å²) in [5.74, 6) is -4.27. The molecule has 0 radical (unpaired) electrons. The fourth-order valence-corrected chi connectivity index (χ4v) is 1.54. The van der Waals surface area contributed by atoms with Crippen LogP contribution in [-0.4, -0.2) is 23.9 Å². The van der Waals surface area contributed by atoms with Gasteiger partial charge in [0.1, 0.15) is 5.82 Å². The molecule has 100 valence electrons. The van der Waals surface area contributed by atoms with Crippen molar-refractivity contribution in [3.05, 3.63) is 30.1 Å². The number of esters is 2. The van der Waals surface area contributed by atoms with Gasteiger partial charge in [0.05, 0.1) is 5.69 Å². The van der Waals surface area contributed by atoms with E-state index in [9.17, 15) is 14.0 Å². The van der Waals surface area contributed by atoms with Gasteiger partial charge in [-0.2, -0.15) is 0 Å². The lowest BCUT2D eigenvalue weighted by atomic mass is 10.1. The van der Waals surface area contributed by atoms with Crippen molar-refractivity contribution >= 4 is 23.8 Å². The summed E-state index contributed by atoms with van der Waals surface area (Å²) in [5, 5.41) is 0. The minimum Gasteiger partial charge on any atom is -0.422 e. The Morgan fingerprint density at radius 2 is 1.68 bits per heavy atom. The average molecular weight is 265 g/mol. The summed E-state index contributed by atoms with van der Waals surface area (Å²) < 4.78 is 22.6. The third-order valence-electron chi connectivity index (χ3n) is 2.40. The van der Waals surface area contributed by atoms with E-state index in [0.29, 0.717) is 5.69 Å². The highest BCUT2D eigenvalue weighted by molar-refractivity contribution is 6.10. The Kier molecular flexibility index (Phi) is 3.33. The highest BCUT2D eigenvalue weighted by atomic mass is 19.1. The molecule has 1 heterocycles. The number of hydrogen-bond donors (Lipinski definition) is 0. The number of cyclic esters (lactones) is 2. The van der Waals surface area contributed by atoms with E-state index < -0.39 is 29.5 Å². The largest absolute Gasteiger partial charge is 0.422 e. The topological polar surface area (TPSA) is 65.0 Å². The van der Waals surface area contributed by atoms with E-state index in [1.54, 1.807) is 0 Å². The van der Waals surface area contributed by atoms with Crippen LogP contribution in [0.25, 0.3) is 0 Å². The molecule has 0 aliphatic carbocycles. The number of rotatable bonds is 2. The Balaban J connectivity index is 2.12. The maximum Gasteiger partial charge on any atom is 0.329 e. The summed E-state index contributed by atoms with van der Waals surface area (Å²) in [6.45, 7) is 2.94. The Morgan fingerprint density at radius 3 is 2.21 bits per heavy atom. The first-order valence-corrected chi connectivity index (χ1v) is 5.63. The van der Waals surface area contributed by atoms with E-state index >= 15 is 0 Å². The average Bonchev–Trinajstić information content (AvgIpc) is 2.29. The van der Waals surface area contributed by atoms with Crippen molar-refractivity contribution in [2.24, 2.45) is 10.9 Å². The first-order chi connectivity index (χ1) is 8.87. The lowest BCUT2D eigenvalue weighted by Gasteiger charge is -2.31. The van der Waals surface area contributed by atoms with Crippen molar-refractivity contribution in [3.63, 3.8) is 0 Å². The van der Waals surface area contributed by atoms with Crippen LogP contribution in [0.1, 0.15) is 13.8 Å².